The number of ether oxygens (including phenoxy) is 1. The molecule has 34 heavy (non-hydrogen) atoms. The number of rotatable bonds is 7. The minimum atomic E-state index is -3.93. The zero-order valence-corrected chi connectivity index (χ0v) is 19.6. The van der Waals surface area contributed by atoms with Crippen LogP contribution in [0.4, 0.5) is 10.1 Å². The van der Waals surface area contributed by atoms with Gasteiger partial charge in [0.1, 0.15) is 11.6 Å². The third kappa shape index (κ3) is 6.32. The van der Waals surface area contributed by atoms with Crippen LogP contribution in [0.25, 0.3) is 0 Å². The number of amides is 2. The molecule has 0 bridgehead atoms. The highest BCUT2D eigenvalue weighted by Crippen LogP contribution is 2.20. The van der Waals surface area contributed by atoms with E-state index >= 15 is 0 Å². The highest BCUT2D eigenvalue weighted by atomic mass is 32.2. The molecule has 0 aliphatic heterocycles. The van der Waals surface area contributed by atoms with Crippen molar-refractivity contribution in [3.63, 3.8) is 0 Å². The minimum absolute atomic E-state index is 0.0843. The predicted octanol–water partition coefficient (Wildman–Crippen LogP) is 3.39. The molecule has 0 spiro atoms. The summed E-state index contributed by atoms with van der Waals surface area (Å²) in [5, 5.41) is 0. The fourth-order valence-electron chi connectivity index (χ4n) is 2.93. The van der Waals surface area contributed by atoms with E-state index in [1.807, 2.05) is 32.0 Å². The molecule has 0 radical (unpaired) electrons. The first kappa shape index (κ1) is 24.7. The molecular weight excluding hydrogens is 461 g/mol. The predicted molar refractivity (Wildman–Crippen MR) is 125 cm³/mol. The maximum atomic E-state index is 13.4. The molecule has 0 saturated heterocycles. The van der Waals surface area contributed by atoms with Gasteiger partial charge < -0.3 is 4.74 Å². The maximum absolute atomic E-state index is 13.4. The molecule has 0 unspecified atom stereocenters. The molecule has 3 aromatic carbocycles. The number of hydrogen-bond acceptors (Lipinski definition) is 5. The smallest absolute Gasteiger partial charge is 0.276 e. The lowest BCUT2D eigenvalue weighted by Crippen LogP contribution is -2.43. The van der Waals surface area contributed by atoms with Crippen molar-refractivity contribution in [2.75, 3.05) is 11.3 Å². The monoisotopic (exact) mass is 485 g/mol. The molecule has 0 atom stereocenters. The van der Waals surface area contributed by atoms with Gasteiger partial charge in [-0.05, 0) is 86.0 Å². The molecule has 0 aliphatic carbocycles. The second-order valence-electron chi connectivity index (χ2n) is 7.65. The first-order valence-corrected chi connectivity index (χ1v) is 11.7. The topological polar surface area (TPSA) is 114 Å². The molecule has 0 aromatic heterocycles. The van der Waals surface area contributed by atoms with Crippen molar-refractivity contribution in [1.29, 1.82) is 0 Å². The molecule has 3 rings (SSSR count). The van der Waals surface area contributed by atoms with E-state index in [-0.39, 0.29) is 28.3 Å². The first-order valence-electron chi connectivity index (χ1n) is 10.2. The molecule has 0 heterocycles. The van der Waals surface area contributed by atoms with Crippen molar-refractivity contribution in [3.8, 4) is 5.75 Å². The van der Waals surface area contributed by atoms with Gasteiger partial charge in [-0.15, -0.1) is 0 Å². The van der Waals surface area contributed by atoms with E-state index < -0.39 is 27.7 Å². The number of benzene rings is 3. The normalized spacial score (nSPS) is 10.9. The first-order chi connectivity index (χ1) is 16.0. The van der Waals surface area contributed by atoms with Gasteiger partial charge in [0, 0.05) is 11.3 Å². The van der Waals surface area contributed by atoms with E-state index in [0.717, 1.165) is 17.2 Å². The van der Waals surface area contributed by atoms with Gasteiger partial charge >= 0.3 is 0 Å². The van der Waals surface area contributed by atoms with Crippen molar-refractivity contribution in [2.24, 2.45) is 0 Å². The van der Waals surface area contributed by atoms with Crippen LogP contribution >= 0.6 is 0 Å². The summed E-state index contributed by atoms with van der Waals surface area (Å²) in [5.41, 5.74) is 7.02. The quantitative estimate of drug-likeness (QED) is 0.444. The van der Waals surface area contributed by atoms with Crippen LogP contribution < -0.4 is 20.3 Å². The van der Waals surface area contributed by atoms with E-state index in [2.05, 4.69) is 15.6 Å². The number of halogens is 1. The van der Waals surface area contributed by atoms with Crippen LogP contribution in [0.1, 0.15) is 27.0 Å². The summed E-state index contributed by atoms with van der Waals surface area (Å²) >= 11 is 0. The SMILES string of the molecule is Cc1ccc(C)c(OCC(=O)NNC(=O)c2ccc(NS(=O)(=O)c3ccc(F)c(C)c3)cc2)c1. The lowest BCUT2D eigenvalue weighted by molar-refractivity contribution is -0.123. The Morgan fingerprint density at radius 1 is 0.882 bits per heavy atom. The van der Waals surface area contributed by atoms with Gasteiger partial charge in [0.25, 0.3) is 21.8 Å². The molecule has 0 aliphatic rings. The zero-order valence-electron chi connectivity index (χ0n) is 18.8. The summed E-state index contributed by atoms with van der Waals surface area (Å²) < 4.78 is 46.2. The van der Waals surface area contributed by atoms with Gasteiger partial charge in [-0.3, -0.25) is 25.2 Å². The molecular formula is C24H24FN3O5S. The fraction of sp³-hybridized carbons (Fsp3) is 0.167. The summed E-state index contributed by atoms with van der Waals surface area (Å²) in [5.74, 6) is -1.06. The largest absolute Gasteiger partial charge is 0.483 e. The average Bonchev–Trinajstić information content (AvgIpc) is 2.80. The van der Waals surface area contributed by atoms with Gasteiger partial charge in [0.05, 0.1) is 4.90 Å². The third-order valence-corrected chi connectivity index (χ3v) is 6.24. The molecule has 0 fully saturated rings. The standard InChI is InChI=1S/C24H24FN3O5S/c1-15-4-5-16(2)22(12-15)33-14-23(29)26-27-24(30)18-6-8-19(9-7-18)28-34(31,32)20-10-11-21(25)17(3)13-20/h4-13,28H,14H2,1-3H3,(H,26,29)(H,27,30). The molecule has 178 valence electrons. The second kappa shape index (κ2) is 10.3. The third-order valence-electron chi connectivity index (χ3n) is 4.86. The van der Waals surface area contributed by atoms with Crippen LogP contribution in [0.3, 0.4) is 0 Å². The summed E-state index contributed by atoms with van der Waals surface area (Å²) in [7, 11) is -3.93. The maximum Gasteiger partial charge on any atom is 0.276 e. The number of sulfonamides is 1. The van der Waals surface area contributed by atoms with E-state index in [1.165, 1.54) is 43.3 Å². The van der Waals surface area contributed by atoms with E-state index in [4.69, 9.17) is 4.74 Å². The fourth-order valence-corrected chi connectivity index (χ4v) is 4.07. The average molecular weight is 486 g/mol. The van der Waals surface area contributed by atoms with Crippen LogP contribution in [0.15, 0.2) is 65.6 Å². The molecule has 3 aromatic rings. The Hall–Kier alpha value is -3.92. The van der Waals surface area contributed by atoms with Crippen molar-refractivity contribution in [2.45, 2.75) is 25.7 Å². The summed E-state index contributed by atoms with van der Waals surface area (Å²) in [6.45, 7) is 4.95. The Morgan fingerprint density at radius 2 is 1.59 bits per heavy atom. The zero-order chi connectivity index (χ0) is 24.9. The van der Waals surface area contributed by atoms with Gasteiger partial charge in [0.2, 0.25) is 0 Å². The second-order valence-corrected chi connectivity index (χ2v) is 9.34. The minimum Gasteiger partial charge on any atom is -0.483 e. The Kier molecular flexibility index (Phi) is 7.52. The Morgan fingerprint density at radius 3 is 2.26 bits per heavy atom. The number of nitrogens with one attached hydrogen (secondary N) is 3. The molecule has 10 heteroatoms. The molecule has 2 amide bonds. The van der Waals surface area contributed by atoms with E-state index in [9.17, 15) is 22.4 Å². The number of hydrogen-bond donors (Lipinski definition) is 3. The van der Waals surface area contributed by atoms with Crippen LogP contribution in [0.5, 0.6) is 5.75 Å². The Balaban J connectivity index is 1.53. The van der Waals surface area contributed by atoms with Crippen LogP contribution in [0, 0.1) is 26.6 Å². The number of carbonyl (C=O) groups is 2. The van der Waals surface area contributed by atoms with E-state index in [1.54, 1.807) is 0 Å². The summed E-state index contributed by atoms with van der Waals surface area (Å²) in [6, 6.07) is 14.7. The molecule has 3 N–H and O–H groups in total. The Labute approximate surface area is 197 Å². The highest BCUT2D eigenvalue weighted by molar-refractivity contribution is 7.92. The van der Waals surface area contributed by atoms with Crippen LogP contribution in [-0.4, -0.2) is 26.8 Å². The van der Waals surface area contributed by atoms with E-state index in [0.29, 0.717) is 5.75 Å². The van der Waals surface area contributed by atoms with Gasteiger partial charge in [0.15, 0.2) is 6.61 Å². The van der Waals surface area contributed by atoms with Crippen LogP contribution in [0.2, 0.25) is 0 Å². The van der Waals surface area contributed by atoms with Gasteiger partial charge in [-0.2, -0.15) is 0 Å². The number of aryl methyl sites for hydroxylation is 3. The number of hydrazine groups is 1. The number of carbonyl (C=O) groups excluding carboxylic acids is 2. The van der Waals surface area contributed by atoms with Crippen molar-refractivity contribution in [1.82, 2.24) is 10.9 Å². The lowest BCUT2D eigenvalue weighted by Gasteiger charge is -2.12. The van der Waals surface area contributed by atoms with Crippen LogP contribution in [-0.2, 0) is 14.8 Å². The Bertz CT molecular complexity index is 1320. The van der Waals surface area contributed by atoms with Gasteiger partial charge in [-0.1, -0.05) is 12.1 Å². The lowest BCUT2D eigenvalue weighted by atomic mass is 10.1. The molecule has 8 nitrogen and oxygen atoms in total. The van der Waals surface area contributed by atoms with Crippen molar-refractivity contribution < 1.29 is 27.1 Å². The van der Waals surface area contributed by atoms with Gasteiger partial charge in [-0.25, -0.2) is 12.8 Å². The molecule has 0 saturated carbocycles. The summed E-state index contributed by atoms with van der Waals surface area (Å²) in [4.78, 5) is 24.2. The summed E-state index contributed by atoms with van der Waals surface area (Å²) in [6.07, 6.45) is 0. The van der Waals surface area contributed by atoms with Crippen molar-refractivity contribution in [3.05, 3.63) is 88.7 Å². The number of anilines is 1. The highest BCUT2D eigenvalue weighted by Gasteiger charge is 2.16. The van der Waals surface area contributed by atoms with Crippen molar-refractivity contribution >= 4 is 27.5 Å².